The second-order valence-electron chi connectivity index (χ2n) is 14.5. The van der Waals surface area contributed by atoms with Gasteiger partial charge in [0.1, 0.15) is 48.1 Å². The van der Waals surface area contributed by atoms with Crippen LogP contribution in [0.25, 0.3) is 32.8 Å². The Morgan fingerprint density at radius 1 is 0.781 bits per heavy atom. The van der Waals surface area contributed by atoms with Gasteiger partial charge in [-0.15, -0.1) is 0 Å². The van der Waals surface area contributed by atoms with Crippen molar-refractivity contribution in [2.24, 2.45) is 5.11 Å². The molecule has 342 valence electrons. The van der Waals surface area contributed by atoms with Crippen molar-refractivity contribution < 1.29 is 59.7 Å². The minimum atomic E-state index is -4.46. The molecular formula is C34H42BF2N13O11P2S. The van der Waals surface area contributed by atoms with Crippen molar-refractivity contribution in [1.82, 2.24) is 39.0 Å². The van der Waals surface area contributed by atoms with Gasteiger partial charge in [0, 0.05) is 17.2 Å². The molecule has 0 amide bonds. The largest absolute Gasteiger partial charge is 0.389 e. The van der Waals surface area contributed by atoms with Crippen molar-refractivity contribution in [1.29, 1.82) is 0 Å². The highest BCUT2D eigenvalue weighted by Gasteiger charge is 2.54. The van der Waals surface area contributed by atoms with Crippen molar-refractivity contribution in [3.05, 3.63) is 71.1 Å². The van der Waals surface area contributed by atoms with E-state index in [9.17, 15) is 9.13 Å². The van der Waals surface area contributed by atoms with Gasteiger partial charge in [-0.05, 0) is 28.0 Å². The van der Waals surface area contributed by atoms with Gasteiger partial charge >= 0.3 is 6.80 Å². The van der Waals surface area contributed by atoms with Crippen LogP contribution in [0.2, 0.25) is 0 Å². The van der Waals surface area contributed by atoms with E-state index >= 15 is 8.78 Å². The fourth-order valence-corrected chi connectivity index (χ4v) is 11.6. The number of imidazole rings is 2. The quantitative estimate of drug-likeness (QED) is 0.0355. The summed E-state index contributed by atoms with van der Waals surface area (Å²) in [5, 5.41) is 3.39. The topological polar surface area (TPSA) is 305 Å². The average Bonchev–Trinajstić information content (AvgIpc) is 4.05. The summed E-state index contributed by atoms with van der Waals surface area (Å²) >= 11 is 0.758. The van der Waals surface area contributed by atoms with Gasteiger partial charge in [-0.3, -0.25) is 22.7 Å². The number of anilines is 2. The summed E-state index contributed by atoms with van der Waals surface area (Å²) < 4.78 is 117. The Bertz CT molecular complexity index is 2550. The number of fused-ring (bicyclic) bond motifs is 4. The number of aromatic nitrogens is 8. The molecule has 4 aromatic heterocycles. The lowest BCUT2D eigenvalue weighted by atomic mass is 10.1. The molecule has 0 bridgehead atoms. The third kappa shape index (κ3) is 10.5. The number of alkyl halides is 2. The molecule has 3 saturated heterocycles. The van der Waals surface area contributed by atoms with Crippen molar-refractivity contribution in [2.45, 2.75) is 61.6 Å². The van der Waals surface area contributed by atoms with Crippen LogP contribution in [0.15, 0.2) is 54.7 Å². The molecule has 0 radical (unpaired) electrons. The first-order valence-corrected chi connectivity index (χ1v) is 24.8. The lowest BCUT2D eigenvalue weighted by Crippen LogP contribution is -2.37. The SMILES string of the molecule is B[P@]1(=O)OC[C@H]2O[C@@H](n3cnc4c(N)ncnc43)[C@H](F)C2O[P@](=O)(SCc2ccc(COCCOCCOCCN=[N+]=[N-])cc2)OC[C@H]2O[C@@H](n3cnc4c(N)ncnc43)[C@H](F)[C@@H]2O1. The minimum Gasteiger partial charge on any atom is -0.382 e. The van der Waals surface area contributed by atoms with Crippen LogP contribution in [-0.2, 0) is 63.3 Å². The van der Waals surface area contributed by atoms with Gasteiger partial charge in [-0.2, -0.15) is 0 Å². The Balaban J connectivity index is 0.984. The lowest BCUT2D eigenvalue weighted by Gasteiger charge is -2.30. The first-order valence-electron chi connectivity index (χ1n) is 19.7. The summed E-state index contributed by atoms with van der Waals surface area (Å²) in [6.07, 6.45) is -8.05. The first kappa shape index (κ1) is 46.1. The molecule has 4 N–H and O–H groups in total. The summed E-state index contributed by atoms with van der Waals surface area (Å²) in [6.45, 7) is -3.43. The number of halogens is 2. The van der Waals surface area contributed by atoms with Crippen LogP contribution in [0.4, 0.5) is 20.4 Å². The highest BCUT2D eigenvalue weighted by atomic mass is 32.7. The second kappa shape index (κ2) is 20.4. The molecular weight excluding hydrogens is 909 g/mol. The molecule has 30 heteroatoms. The Morgan fingerprint density at radius 2 is 1.31 bits per heavy atom. The van der Waals surface area contributed by atoms with Gasteiger partial charge in [0.2, 0.25) is 0 Å². The fourth-order valence-electron chi connectivity index (χ4n) is 7.01. The van der Waals surface area contributed by atoms with E-state index in [0.29, 0.717) is 45.2 Å². The van der Waals surface area contributed by atoms with Gasteiger partial charge in [-0.1, -0.05) is 29.4 Å². The van der Waals surface area contributed by atoms with E-state index in [1.54, 1.807) is 12.1 Å². The van der Waals surface area contributed by atoms with Gasteiger partial charge in [0.25, 0.3) is 15.0 Å². The smallest absolute Gasteiger partial charge is 0.382 e. The average molecular weight is 952 g/mol. The van der Waals surface area contributed by atoms with E-state index in [4.69, 9.17) is 58.8 Å². The normalized spacial score (nSPS) is 29.8. The number of nitrogen functional groups attached to an aromatic ring is 2. The molecule has 3 aliphatic rings. The maximum Gasteiger partial charge on any atom is 0.389 e. The molecule has 1 aromatic carbocycles. The molecule has 8 rings (SSSR count). The molecule has 5 aromatic rings. The van der Waals surface area contributed by atoms with E-state index in [-0.39, 0.29) is 46.3 Å². The highest BCUT2D eigenvalue weighted by molar-refractivity contribution is 8.54. The Morgan fingerprint density at radius 3 is 1.91 bits per heavy atom. The maximum atomic E-state index is 16.8. The number of benzene rings is 1. The van der Waals surface area contributed by atoms with Crippen molar-refractivity contribution in [3.8, 4) is 0 Å². The fraction of sp³-hybridized carbons (Fsp3) is 0.529. The number of nitrogens with zero attached hydrogens (tertiary/aromatic N) is 11. The van der Waals surface area contributed by atoms with Crippen LogP contribution in [0.1, 0.15) is 23.6 Å². The van der Waals surface area contributed by atoms with Crippen LogP contribution < -0.4 is 11.5 Å². The number of nitrogens with two attached hydrogens (primary N) is 2. The predicted molar refractivity (Wildman–Crippen MR) is 226 cm³/mol. The lowest BCUT2D eigenvalue weighted by molar-refractivity contribution is -0.0546. The zero-order valence-corrected chi connectivity index (χ0v) is 36.5. The van der Waals surface area contributed by atoms with Gasteiger partial charge < -0.3 is 44.2 Å². The zero-order chi connectivity index (χ0) is 44.8. The number of ether oxygens (including phenoxy) is 5. The molecule has 3 fully saturated rings. The molecule has 7 heterocycles. The molecule has 0 spiro atoms. The Labute approximate surface area is 367 Å². The maximum absolute atomic E-state index is 16.8. The van der Waals surface area contributed by atoms with Crippen molar-refractivity contribution in [3.63, 3.8) is 0 Å². The highest BCUT2D eigenvalue weighted by Crippen LogP contribution is 2.65. The van der Waals surface area contributed by atoms with E-state index in [1.165, 1.54) is 34.4 Å². The third-order valence-electron chi connectivity index (χ3n) is 10.1. The molecule has 0 saturated carbocycles. The van der Waals surface area contributed by atoms with Crippen LogP contribution >= 0.6 is 25.7 Å². The summed E-state index contributed by atoms with van der Waals surface area (Å²) in [4.78, 5) is 27.3. The summed E-state index contributed by atoms with van der Waals surface area (Å²) in [5.41, 5.74) is 22.4. The Hall–Kier alpha value is -4.40. The van der Waals surface area contributed by atoms with Crippen LogP contribution in [0, 0.1) is 0 Å². The predicted octanol–water partition coefficient (Wildman–Crippen LogP) is 3.76. The second-order valence-corrected chi connectivity index (χ2v) is 20.5. The Kier molecular flexibility index (Phi) is 14.7. The summed E-state index contributed by atoms with van der Waals surface area (Å²) in [7, 11) is -3.05. The number of hydrogen-bond donors (Lipinski definition) is 2. The van der Waals surface area contributed by atoms with E-state index < -0.39 is 76.7 Å². The van der Waals surface area contributed by atoms with Crippen LogP contribution in [-0.4, -0.2) is 136 Å². The van der Waals surface area contributed by atoms with Crippen molar-refractivity contribution >= 4 is 67.2 Å². The number of rotatable bonds is 16. The third-order valence-corrected chi connectivity index (χ3v) is 15.0. The molecule has 64 heavy (non-hydrogen) atoms. The zero-order valence-electron chi connectivity index (χ0n) is 33.9. The standard InChI is InChI=1S/C34H42BF2N13O11P2S/c35-62(51)56-12-21-28(24(37)34(58-21)50-18-46-26-30(39)42-16-44-32(26)50)61-63(52,64-14-20-3-1-19(2-4-20)11-55-10-9-54-8-7-53-6-5-47-48-40)57-13-22-27(60-62)23(36)33(59-22)49-17-45-25-29(38)41-15-43-31(25)49/h1-4,15-18,21-24,27-28,33-34H,5-14,35H2,(H2,38,41,43)(H2,39,42,44)/t21-,22-,23-,24-,27-,28?,33-,34-,62+,63-/m1/s1. The van der Waals surface area contributed by atoms with Crippen molar-refractivity contribution in [2.75, 3.05) is 64.3 Å². The van der Waals surface area contributed by atoms with Gasteiger partial charge in [-0.25, -0.2) is 43.2 Å². The summed E-state index contributed by atoms with van der Waals surface area (Å²) in [5.74, 6) is 0.154. The van der Waals surface area contributed by atoms with E-state index in [0.717, 1.165) is 24.5 Å². The van der Waals surface area contributed by atoms with Gasteiger partial charge in [0.15, 0.2) is 47.7 Å². The monoisotopic (exact) mass is 951 g/mol. The van der Waals surface area contributed by atoms with E-state index in [2.05, 4.69) is 39.9 Å². The summed E-state index contributed by atoms with van der Waals surface area (Å²) in [6, 6.07) is 7.26. The minimum absolute atomic E-state index is 0.0476. The van der Waals surface area contributed by atoms with Crippen LogP contribution in [0.5, 0.6) is 0 Å². The number of azide groups is 1. The van der Waals surface area contributed by atoms with E-state index in [1.807, 2.05) is 12.1 Å². The van der Waals surface area contributed by atoms with Crippen LogP contribution in [0.3, 0.4) is 0 Å². The molecule has 0 aliphatic carbocycles. The molecule has 10 atom stereocenters. The molecule has 24 nitrogen and oxygen atoms in total. The first-order chi connectivity index (χ1) is 30.9. The molecule has 3 aliphatic heterocycles. The molecule has 1 unspecified atom stereocenters. The number of hydrogen-bond acceptors (Lipinski definition) is 21. The van der Waals surface area contributed by atoms with Gasteiger partial charge in [0.05, 0.1) is 65.5 Å².